The van der Waals surface area contributed by atoms with Crippen LogP contribution in [0.2, 0.25) is 0 Å². The number of nitrogens with zero attached hydrogens (tertiary/aromatic N) is 3. The molecule has 33 heavy (non-hydrogen) atoms. The number of aromatic nitrogens is 2. The van der Waals surface area contributed by atoms with Crippen LogP contribution in [0.4, 0.5) is 17.1 Å². The van der Waals surface area contributed by atoms with E-state index in [1.807, 2.05) is 24.5 Å². The first-order chi connectivity index (χ1) is 16.4. The second-order valence-corrected chi connectivity index (χ2v) is 8.65. The first-order valence-corrected chi connectivity index (χ1v) is 11.3. The second-order valence-electron chi connectivity index (χ2n) is 8.65. The largest absolute Gasteiger partial charge is 0.310 e. The van der Waals surface area contributed by atoms with Gasteiger partial charge in [0.1, 0.15) is 5.41 Å². The topological polar surface area (TPSA) is 29.0 Å². The van der Waals surface area contributed by atoms with E-state index in [1.165, 1.54) is 22.3 Å². The maximum absolute atomic E-state index is 5.03. The van der Waals surface area contributed by atoms with Gasteiger partial charge in [-0.05, 0) is 58.7 Å². The molecule has 5 aromatic rings. The lowest BCUT2D eigenvalue weighted by atomic mass is 9.61. The lowest BCUT2D eigenvalue weighted by Crippen LogP contribution is -2.42. The Morgan fingerprint density at radius 1 is 0.545 bits per heavy atom. The van der Waals surface area contributed by atoms with Gasteiger partial charge in [-0.2, -0.15) is 0 Å². The molecule has 3 heteroatoms. The summed E-state index contributed by atoms with van der Waals surface area (Å²) in [7, 11) is 0. The molecule has 7 rings (SSSR count). The van der Waals surface area contributed by atoms with Gasteiger partial charge in [-0.15, -0.1) is 0 Å². The van der Waals surface area contributed by atoms with Gasteiger partial charge in [-0.25, -0.2) is 0 Å². The van der Waals surface area contributed by atoms with Crippen molar-refractivity contribution in [3.8, 4) is 0 Å². The third-order valence-corrected chi connectivity index (χ3v) is 6.99. The monoisotopic (exact) mass is 423 g/mol. The predicted molar refractivity (Wildman–Crippen MR) is 131 cm³/mol. The van der Waals surface area contributed by atoms with E-state index in [0.29, 0.717) is 0 Å². The summed E-state index contributed by atoms with van der Waals surface area (Å²) in [6, 6.07) is 36.6. The van der Waals surface area contributed by atoms with Crippen LogP contribution in [0, 0.1) is 0 Å². The standard InChI is InChI=1S/C30H21N3/c1-2-12-23(13-3-1)33-26-16-6-4-14-24(26)30(25-15-5-7-17-27(25)33)28-21(10-8-18-31-28)20-22-11-9-19-32-29(22)30/h1-19H,20H2. The highest BCUT2D eigenvalue weighted by molar-refractivity contribution is 5.89. The number of benzene rings is 3. The summed E-state index contributed by atoms with van der Waals surface area (Å²) in [5.74, 6) is 0. The Bertz CT molecular complexity index is 1410. The fourth-order valence-electron chi connectivity index (χ4n) is 5.77. The van der Waals surface area contributed by atoms with Crippen molar-refractivity contribution in [2.45, 2.75) is 11.8 Å². The third-order valence-electron chi connectivity index (χ3n) is 6.99. The van der Waals surface area contributed by atoms with Crippen LogP contribution in [0.25, 0.3) is 0 Å². The molecular weight excluding hydrogens is 402 g/mol. The fourth-order valence-corrected chi connectivity index (χ4v) is 5.77. The van der Waals surface area contributed by atoms with Crippen molar-refractivity contribution >= 4 is 17.1 Å². The Labute approximate surface area is 193 Å². The lowest BCUT2D eigenvalue weighted by molar-refractivity contribution is 0.640. The molecule has 0 N–H and O–H groups in total. The van der Waals surface area contributed by atoms with Gasteiger partial charge in [-0.1, -0.05) is 66.7 Å². The van der Waals surface area contributed by atoms with E-state index in [4.69, 9.17) is 9.97 Å². The van der Waals surface area contributed by atoms with Crippen molar-refractivity contribution in [1.82, 2.24) is 9.97 Å². The molecule has 0 amide bonds. The Morgan fingerprint density at radius 3 is 1.64 bits per heavy atom. The number of fused-ring (bicyclic) bond motifs is 8. The zero-order chi connectivity index (χ0) is 21.8. The zero-order valence-electron chi connectivity index (χ0n) is 18.0. The van der Waals surface area contributed by atoms with Gasteiger partial charge >= 0.3 is 0 Å². The summed E-state index contributed by atoms with van der Waals surface area (Å²) < 4.78 is 0. The van der Waals surface area contributed by atoms with Gasteiger partial charge in [0.15, 0.2) is 0 Å². The van der Waals surface area contributed by atoms with Crippen LogP contribution >= 0.6 is 0 Å². The van der Waals surface area contributed by atoms with E-state index in [-0.39, 0.29) is 0 Å². The summed E-state index contributed by atoms with van der Waals surface area (Å²) >= 11 is 0. The SMILES string of the molecule is c1ccc(N2c3ccccc3C3(c4ccccc42)c2ncccc2Cc2cccnc23)cc1. The molecule has 1 aliphatic carbocycles. The molecule has 3 nitrogen and oxygen atoms in total. The van der Waals surface area contributed by atoms with Gasteiger partial charge in [0.25, 0.3) is 0 Å². The maximum Gasteiger partial charge on any atom is 0.109 e. The van der Waals surface area contributed by atoms with Crippen molar-refractivity contribution < 1.29 is 0 Å². The van der Waals surface area contributed by atoms with Gasteiger partial charge < -0.3 is 4.90 Å². The van der Waals surface area contributed by atoms with Crippen LogP contribution in [0.15, 0.2) is 116 Å². The molecule has 1 spiro atoms. The van der Waals surface area contributed by atoms with E-state index in [1.54, 1.807) is 0 Å². The molecule has 0 unspecified atom stereocenters. The molecule has 3 heterocycles. The van der Waals surface area contributed by atoms with Crippen LogP contribution in [-0.4, -0.2) is 9.97 Å². The van der Waals surface area contributed by atoms with Crippen LogP contribution in [0.1, 0.15) is 33.6 Å². The Balaban J connectivity index is 1.67. The molecule has 0 saturated heterocycles. The summed E-state index contributed by atoms with van der Waals surface area (Å²) in [6.07, 6.45) is 4.69. The number of pyridine rings is 2. The van der Waals surface area contributed by atoms with Gasteiger partial charge in [0.05, 0.1) is 22.8 Å². The highest BCUT2D eigenvalue weighted by Gasteiger charge is 2.51. The van der Waals surface area contributed by atoms with Crippen molar-refractivity contribution in [2.75, 3.05) is 4.90 Å². The van der Waals surface area contributed by atoms with E-state index in [2.05, 4.69) is 95.9 Å². The molecule has 2 aromatic heterocycles. The fraction of sp³-hybridized carbons (Fsp3) is 0.0667. The van der Waals surface area contributed by atoms with Crippen LogP contribution in [0.5, 0.6) is 0 Å². The first-order valence-electron chi connectivity index (χ1n) is 11.3. The normalized spacial score (nSPS) is 14.7. The number of para-hydroxylation sites is 3. The summed E-state index contributed by atoms with van der Waals surface area (Å²) in [4.78, 5) is 12.4. The van der Waals surface area contributed by atoms with Gasteiger partial charge in [-0.3, -0.25) is 9.97 Å². The Morgan fingerprint density at radius 2 is 1.06 bits per heavy atom. The molecule has 3 aromatic carbocycles. The van der Waals surface area contributed by atoms with E-state index >= 15 is 0 Å². The van der Waals surface area contributed by atoms with E-state index < -0.39 is 5.41 Å². The van der Waals surface area contributed by atoms with Crippen molar-refractivity contribution in [3.63, 3.8) is 0 Å². The zero-order valence-corrected chi connectivity index (χ0v) is 18.0. The van der Waals surface area contributed by atoms with Crippen LogP contribution < -0.4 is 4.90 Å². The van der Waals surface area contributed by atoms with Crippen molar-refractivity contribution in [1.29, 1.82) is 0 Å². The number of hydrogen-bond acceptors (Lipinski definition) is 3. The van der Waals surface area contributed by atoms with E-state index in [0.717, 1.165) is 34.9 Å². The molecule has 0 saturated carbocycles. The average Bonchev–Trinajstić information content (AvgIpc) is 2.89. The molecule has 0 bridgehead atoms. The molecule has 0 fully saturated rings. The average molecular weight is 424 g/mol. The quantitative estimate of drug-likeness (QED) is 0.300. The summed E-state index contributed by atoms with van der Waals surface area (Å²) in [5.41, 5.74) is 10.0. The number of anilines is 3. The smallest absolute Gasteiger partial charge is 0.109 e. The molecule has 0 atom stereocenters. The van der Waals surface area contributed by atoms with Gasteiger partial charge in [0, 0.05) is 24.5 Å². The Kier molecular flexibility index (Phi) is 3.82. The summed E-state index contributed by atoms with van der Waals surface area (Å²) in [5, 5.41) is 0. The van der Waals surface area contributed by atoms with Crippen LogP contribution in [-0.2, 0) is 11.8 Å². The minimum absolute atomic E-state index is 0.566. The minimum Gasteiger partial charge on any atom is -0.310 e. The molecular formula is C30H21N3. The summed E-state index contributed by atoms with van der Waals surface area (Å²) in [6.45, 7) is 0. The number of rotatable bonds is 1. The Hall–Kier alpha value is -4.24. The van der Waals surface area contributed by atoms with Crippen molar-refractivity contribution in [3.05, 3.63) is 149 Å². The van der Waals surface area contributed by atoms with Gasteiger partial charge in [0.2, 0.25) is 0 Å². The molecule has 2 aliphatic rings. The minimum atomic E-state index is -0.566. The van der Waals surface area contributed by atoms with E-state index in [9.17, 15) is 0 Å². The second kappa shape index (κ2) is 6.88. The first kappa shape index (κ1) is 18.3. The van der Waals surface area contributed by atoms with Crippen molar-refractivity contribution in [2.24, 2.45) is 0 Å². The maximum atomic E-state index is 5.03. The highest BCUT2D eigenvalue weighted by atomic mass is 15.2. The molecule has 0 radical (unpaired) electrons. The third kappa shape index (κ3) is 2.39. The molecule has 1 aliphatic heterocycles. The highest BCUT2D eigenvalue weighted by Crippen LogP contribution is 2.59. The molecule has 156 valence electrons. The number of hydrogen-bond donors (Lipinski definition) is 0. The van der Waals surface area contributed by atoms with Crippen LogP contribution in [0.3, 0.4) is 0 Å². The lowest BCUT2D eigenvalue weighted by Gasteiger charge is -2.47. The predicted octanol–water partition coefficient (Wildman–Crippen LogP) is 6.55.